The Hall–Kier alpha value is -1.95. The van der Waals surface area contributed by atoms with Crippen LogP contribution >= 0.6 is 0 Å². The molecule has 1 N–H and O–H groups in total. The van der Waals surface area contributed by atoms with Gasteiger partial charge in [0.15, 0.2) is 0 Å². The molecule has 0 bridgehead atoms. The van der Waals surface area contributed by atoms with Gasteiger partial charge in [-0.1, -0.05) is 6.07 Å². The molecule has 0 aliphatic carbocycles. The van der Waals surface area contributed by atoms with E-state index in [1.165, 1.54) is 0 Å². The molecule has 6 heteroatoms. The lowest BCUT2D eigenvalue weighted by Crippen LogP contribution is -2.37. The molecule has 1 aromatic heterocycles. The summed E-state index contributed by atoms with van der Waals surface area (Å²) in [6, 6.07) is 3.81. The zero-order valence-corrected chi connectivity index (χ0v) is 12.3. The summed E-state index contributed by atoms with van der Waals surface area (Å²) in [4.78, 5) is 31.0. The van der Waals surface area contributed by atoms with Crippen molar-refractivity contribution < 1.29 is 14.7 Å². The summed E-state index contributed by atoms with van der Waals surface area (Å²) in [6.45, 7) is 4.59. The second kappa shape index (κ2) is 7.17. The number of carboxylic acid groups (broad SMARTS) is 1. The number of aliphatic carboxylic acids is 1. The topological polar surface area (TPSA) is 73.7 Å². The van der Waals surface area contributed by atoms with Crippen molar-refractivity contribution in [1.29, 1.82) is 0 Å². The van der Waals surface area contributed by atoms with Gasteiger partial charge in [0.1, 0.15) is 0 Å². The van der Waals surface area contributed by atoms with E-state index in [4.69, 9.17) is 5.11 Å². The third kappa shape index (κ3) is 4.53. The Balaban J connectivity index is 1.91. The molecule has 2 heterocycles. The number of aryl methyl sites for hydroxylation is 1. The van der Waals surface area contributed by atoms with Gasteiger partial charge in [-0.2, -0.15) is 0 Å². The molecule has 21 heavy (non-hydrogen) atoms. The van der Waals surface area contributed by atoms with Gasteiger partial charge < -0.3 is 10.0 Å². The smallest absolute Gasteiger partial charge is 0.317 e. The van der Waals surface area contributed by atoms with E-state index in [2.05, 4.69) is 4.98 Å². The van der Waals surface area contributed by atoms with E-state index in [1.807, 2.05) is 28.9 Å². The van der Waals surface area contributed by atoms with Crippen LogP contribution in [-0.4, -0.2) is 64.5 Å². The maximum absolute atomic E-state index is 12.4. The summed E-state index contributed by atoms with van der Waals surface area (Å²) in [6.07, 6.45) is 2.82. The van der Waals surface area contributed by atoms with Crippen LogP contribution in [0.5, 0.6) is 0 Å². The van der Waals surface area contributed by atoms with Crippen LogP contribution in [0.4, 0.5) is 0 Å². The van der Waals surface area contributed by atoms with Crippen molar-refractivity contribution in [2.45, 2.75) is 19.8 Å². The second-order valence-corrected chi connectivity index (χ2v) is 5.35. The summed E-state index contributed by atoms with van der Waals surface area (Å²) in [5.74, 6) is -0.757. The third-order valence-electron chi connectivity index (χ3n) is 3.74. The summed E-state index contributed by atoms with van der Waals surface area (Å²) in [7, 11) is 0. The molecule has 1 aromatic rings. The van der Waals surface area contributed by atoms with E-state index in [0.29, 0.717) is 26.1 Å². The molecule has 0 aromatic carbocycles. The molecule has 0 spiro atoms. The van der Waals surface area contributed by atoms with Gasteiger partial charge in [-0.15, -0.1) is 0 Å². The molecule has 1 amide bonds. The van der Waals surface area contributed by atoms with Gasteiger partial charge in [-0.05, 0) is 25.0 Å². The number of hydrogen-bond donors (Lipinski definition) is 1. The monoisotopic (exact) mass is 291 g/mol. The number of rotatable bonds is 4. The number of hydrogen-bond acceptors (Lipinski definition) is 4. The molecule has 1 aliphatic heterocycles. The number of aromatic nitrogens is 1. The Labute approximate surface area is 124 Å². The first-order valence-corrected chi connectivity index (χ1v) is 7.18. The average molecular weight is 291 g/mol. The molecule has 0 saturated carbocycles. The van der Waals surface area contributed by atoms with Crippen molar-refractivity contribution >= 4 is 11.9 Å². The Bertz CT molecular complexity index is 519. The Morgan fingerprint density at radius 2 is 2.10 bits per heavy atom. The Morgan fingerprint density at radius 3 is 2.81 bits per heavy atom. The first kappa shape index (κ1) is 15.4. The van der Waals surface area contributed by atoms with Gasteiger partial charge in [0.05, 0.1) is 18.7 Å². The summed E-state index contributed by atoms with van der Waals surface area (Å²) >= 11 is 0. The van der Waals surface area contributed by atoms with E-state index in [1.54, 1.807) is 6.20 Å². The highest BCUT2D eigenvalue weighted by Crippen LogP contribution is 2.09. The molecule has 1 aliphatic rings. The summed E-state index contributed by atoms with van der Waals surface area (Å²) < 4.78 is 0. The first-order valence-electron chi connectivity index (χ1n) is 7.18. The number of nitrogens with zero attached hydrogens (tertiary/aromatic N) is 3. The van der Waals surface area contributed by atoms with Crippen LogP contribution in [-0.2, 0) is 16.0 Å². The molecule has 1 fully saturated rings. The molecule has 114 valence electrons. The van der Waals surface area contributed by atoms with E-state index in [9.17, 15) is 9.59 Å². The van der Waals surface area contributed by atoms with Crippen molar-refractivity contribution in [3.8, 4) is 0 Å². The minimum atomic E-state index is -0.820. The van der Waals surface area contributed by atoms with Crippen LogP contribution in [0.2, 0.25) is 0 Å². The van der Waals surface area contributed by atoms with Gasteiger partial charge in [0.2, 0.25) is 5.91 Å². The molecule has 2 rings (SSSR count). The molecule has 0 unspecified atom stereocenters. The van der Waals surface area contributed by atoms with Crippen LogP contribution in [0, 0.1) is 6.92 Å². The van der Waals surface area contributed by atoms with Gasteiger partial charge in [-0.3, -0.25) is 19.5 Å². The standard InChI is InChI=1S/C15H21N3O3/c1-12-4-2-5-16-13(12)10-14(19)18-7-3-6-17(8-9-18)11-15(20)21/h2,4-5H,3,6-11H2,1H3,(H,20,21). The number of carbonyl (C=O) groups is 2. The molecular weight excluding hydrogens is 270 g/mol. The second-order valence-electron chi connectivity index (χ2n) is 5.35. The van der Waals surface area contributed by atoms with Crippen LogP contribution in [0.1, 0.15) is 17.7 Å². The van der Waals surface area contributed by atoms with Crippen molar-refractivity contribution in [3.63, 3.8) is 0 Å². The zero-order chi connectivity index (χ0) is 15.2. The van der Waals surface area contributed by atoms with Crippen molar-refractivity contribution in [3.05, 3.63) is 29.6 Å². The van der Waals surface area contributed by atoms with Crippen LogP contribution in [0.25, 0.3) is 0 Å². The quantitative estimate of drug-likeness (QED) is 0.877. The fourth-order valence-electron chi connectivity index (χ4n) is 2.53. The van der Waals surface area contributed by atoms with Crippen LogP contribution in [0.15, 0.2) is 18.3 Å². The maximum atomic E-state index is 12.4. The first-order chi connectivity index (χ1) is 10.1. The fraction of sp³-hybridized carbons (Fsp3) is 0.533. The SMILES string of the molecule is Cc1cccnc1CC(=O)N1CCCN(CC(=O)O)CC1. The predicted octanol–water partition coefficient (Wildman–Crippen LogP) is 0.551. The lowest BCUT2D eigenvalue weighted by Gasteiger charge is -2.21. The lowest BCUT2D eigenvalue weighted by molar-refractivity contribution is -0.138. The molecule has 1 saturated heterocycles. The largest absolute Gasteiger partial charge is 0.480 e. The molecule has 0 radical (unpaired) electrons. The van der Waals surface area contributed by atoms with Gasteiger partial charge in [0.25, 0.3) is 0 Å². The summed E-state index contributed by atoms with van der Waals surface area (Å²) in [5, 5.41) is 8.83. The highest BCUT2D eigenvalue weighted by atomic mass is 16.4. The average Bonchev–Trinajstić information content (AvgIpc) is 2.66. The van der Waals surface area contributed by atoms with Gasteiger partial charge in [-0.25, -0.2) is 0 Å². The minimum Gasteiger partial charge on any atom is -0.480 e. The normalized spacial score (nSPS) is 16.5. The van der Waals surface area contributed by atoms with Crippen LogP contribution in [0.3, 0.4) is 0 Å². The highest BCUT2D eigenvalue weighted by Gasteiger charge is 2.21. The lowest BCUT2D eigenvalue weighted by atomic mass is 10.1. The van der Waals surface area contributed by atoms with Gasteiger partial charge in [0, 0.05) is 32.4 Å². The Morgan fingerprint density at radius 1 is 1.29 bits per heavy atom. The van der Waals surface area contributed by atoms with Crippen molar-refractivity contribution in [2.24, 2.45) is 0 Å². The zero-order valence-electron chi connectivity index (χ0n) is 12.3. The highest BCUT2D eigenvalue weighted by molar-refractivity contribution is 5.78. The number of carboxylic acids is 1. The van der Waals surface area contributed by atoms with Crippen molar-refractivity contribution in [1.82, 2.24) is 14.8 Å². The Kier molecular flexibility index (Phi) is 5.27. The van der Waals surface area contributed by atoms with Gasteiger partial charge >= 0.3 is 5.97 Å². The number of pyridine rings is 1. The molecule has 6 nitrogen and oxygen atoms in total. The molecule has 0 atom stereocenters. The predicted molar refractivity (Wildman–Crippen MR) is 78.0 cm³/mol. The van der Waals surface area contributed by atoms with E-state index in [0.717, 1.165) is 24.2 Å². The summed E-state index contributed by atoms with van der Waals surface area (Å²) in [5.41, 5.74) is 1.84. The van der Waals surface area contributed by atoms with E-state index < -0.39 is 5.97 Å². The van der Waals surface area contributed by atoms with E-state index >= 15 is 0 Å². The van der Waals surface area contributed by atoms with Crippen LogP contribution < -0.4 is 0 Å². The number of carbonyl (C=O) groups excluding carboxylic acids is 1. The van der Waals surface area contributed by atoms with E-state index in [-0.39, 0.29) is 12.5 Å². The fourth-order valence-corrected chi connectivity index (χ4v) is 2.53. The molecular formula is C15H21N3O3. The number of amides is 1. The third-order valence-corrected chi connectivity index (χ3v) is 3.74. The minimum absolute atomic E-state index is 0.0430. The van der Waals surface area contributed by atoms with Crippen molar-refractivity contribution in [2.75, 3.05) is 32.7 Å². The maximum Gasteiger partial charge on any atom is 0.317 e.